The third kappa shape index (κ3) is 4.23. The molecule has 16 heavy (non-hydrogen) atoms. The van der Waals surface area contributed by atoms with Crippen LogP contribution in [0.25, 0.3) is 0 Å². The van der Waals surface area contributed by atoms with Crippen molar-refractivity contribution in [3.63, 3.8) is 0 Å². The van der Waals surface area contributed by atoms with Crippen LogP contribution in [0.2, 0.25) is 0 Å². The highest BCUT2D eigenvalue weighted by molar-refractivity contribution is 9.10. The first-order valence-corrected chi connectivity index (χ1v) is 6.06. The zero-order valence-electron chi connectivity index (χ0n) is 9.90. The Hall–Kier alpha value is -1.03. The van der Waals surface area contributed by atoms with Gasteiger partial charge in [-0.05, 0) is 46.1 Å². The molecular formula is C12H17BrN2O. The molecule has 1 rings (SSSR count). The second kappa shape index (κ2) is 6.53. The van der Waals surface area contributed by atoms with Crippen LogP contribution in [0.5, 0.6) is 5.75 Å². The fourth-order valence-corrected chi connectivity index (χ4v) is 1.62. The molecule has 0 saturated carbocycles. The van der Waals surface area contributed by atoms with Gasteiger partial charge in [-0.25, -0.2) is 0 Å². The minimum absolute atomic E-state index is 0.740. The molecule has 0 atom stereocenters. The van der Waals surface area contributed by atoms with Crippen LogP contribution in [0.3, 0.4) is 0 Å². The Morgan fingerprint density at radius 1 is 1.44 bits per heavy atom. The number of hydrogen-bond acceptors (Lipinski definition) is 3. The Morgan fingerprint density at radius 3 is 2.75 bits per heavy atom. The molecule has 0 aliphatic heterocycles. The molecule has 0 aromatic heterocycles. The van der Waals surface area contributed by atoms with Crippen LogP contribution in [0, 0.1) is 0 Å². The van der Waals surface area contributed by atoms with Crippen LogP contribution >= 0.6 is 15.9 Å². The fraction of sp³-hybridized carbons (Fsp3) is 0.417. The third-order valence-electron chi connectivity index (χ3n) is 1.86. The molecule has 88 valence electrons. The minimum atomic E-state index is 0.740. The maximum Gasteiger partial charge on any atom is 0.133 e. The monoisotopic (exact) mass is 284 g/mol. The van der Waals surface area contributed by atoms with E-state index in [2.05, 4.69) is 28.0 Å². The van der Waals surface area contributed by atoms with Gasteiger partial charge in [0.05, 0.1) is 17.3 Å². The molecule has 0 fully saturated rings. The summed E-state index contributed by atoms with van der Waals surface area (Å²) in [6, 6.07) is 5.94. The van der Waals surface area contributed by atoms with E-state index >= 15 is 0 Å². The molecule has 0 N–H and O–H groups in total. The summed E-state index contributed by atoms with van der Waals surface area (Å²) < 4.78 is 6.53. The van der Waals surface area contributed by atoms with Gasteiger partial charge in [-0.3, -0.25) is 0 Å². The van der Waals surface area contributed by atoms with Crippen LogP contribution in [-0.4, -0.2) is 31.9 Å². The predicted octanol–water partition coefficient (Wildman–Crippen LogP) is 3.13. The van der Waals surface area contributed by atoms with E-state index in [1.165, 1.54) is 0 Å². The Balaban J connectivity index is 2.74. The SMILES string of the molecule is CCCOc1ccc(/C=N/N(C)C)cc1Br. The number of benzene rings is 1. The Bertz CT molecular complexity index is 364. The summed E-state index contributed by atoms with van der Waals surface area (Å²) in [7, 11) is 3.79. The first-order valence-electron chi connectivity index (χ1n) is 5.27. The Kier molecular flexibility index (Phi) is 5.32. The van der Waals surface area contributed by atoms with Crippen molar-refractivity contribution in [2.24, 2.45) is 5.10 Å². The zero-order chi connectivity index (χ0) is 12.0. The first kappa shape index (κ1) is 13.0. The molecule has 3 nitrogen and oxygen atoms in total. The van der Waals surface area contributed by atoms with Crippen molar-refractivity contribution in [3.05, 3.63) is 28.2 Å². The number of halogens is 1. The average molecular weight is 285 g/mol. The smallest absolute Gasteiger partial charge is 0.133 e. The van der Waals surface area contributed by atoms with Crippen molar-refractivity contribution in [3.8, 4) is 5.75 Å². The number of ether oxygens (including phenoxy) is 1. The lowest BCUT2D eigenvalue weighted by Crippen LogP contribution is -2.02. The van der Waals surface area contributed by atoms with Crippen molar-refractivity contribution < 1.29 is 4.74 Å². The van der Waals surface area contributed by atoms with Crippen molar-refractivity contribution in [2.45, 2.75) is 13.3 Å². The first-order chi connectivity index (χ1) is 7.63. The van der Waals surface area contributed by atoms with E-state index in [0.717, 1.165) is 28.8 Å². The summed E-state index contributed by atoms with van der Waals surface area (Å²) in [4.78, 5) is 0. The van der Waals surface area contributed by atoms with Gasteiger partial charge in [0.2, 0.25) is 0 Å². The summed E-state index contributed by atoms with van der Waals surface area (Å²) in [6.45, 7) is 2.83. The molecule has 0 aliphatic rings. The third-order valence-corrected chi connectivity index (χ3v) is 2.48. The van der Waals surface area contributed by atoms with Gasteiger partial charge in [-0.1, -0.05) is 6.92 Å². The van der Waals surface area contributed by atoms with Crippen molar-refractivity contribution in [1.82, 2.24) is 5.01 Å². The number of rotatable bonds is 5. The molecular weight excluding hydrogens is 268 g/mol. The number of hydrogen-bond donors (Lipinski definition) is 0. The van der Waals surface area contributed by atoms with Gasteiger partial charge in [-0.15, -0.1) is 0 Å². The molecule has 1 aromatic rings. The highest BCUT2D eigenvalue weighted by atomic mass is 79.9. The van der Waals surface area contributed by atoms with Crippen molar-refractivity contribution in [1.29, 1.82) is 0 Å². The van der Waals surface area contributed by atoms with Crippen LogP contribution in [0.1, 0.15) is 18.9 Å². The zero-order valence-corrected chi connectivity index (χ0v) is 11.5. The van der Waals surface area contributed by atoms with Crippen molar-refractivity contribution in [2.75, 3.05) is 20.7 Å². The van der Waals surface area contributed by atoms with E-state index in [4.69, 9.17) is 4.74 Å². The van der Waals surface area contributed by atoms with Gasteiger partial charge in [0.15, 0.2) is 0 Å². The van der Waals surface area contributed by atoms with Gasteiger partial charge in [0.1, 0.15) is 5.75 Å². The molecule has 0 aliphatic carbocycles. The van der Waals surface area contributed by atoms with Gasteiger partial charge in [0, 0.05) is 14.1 Å². The molecule has 0 spiro atoms. The average Bonchev–Trinajstić information content (AvgIpc) is 2.25. The molecule has 0 amide bonds. The predicted molar refractivity (Wildman–Crippen MR) is 71.2 cm³/mol. The maximum absolute atomic E-state index is 5.56. The van der Waals surface area contributed by atoms with Crippen LogP contribution < -0.4 is 4.74 Å². The molecule has 0 unspecified atom stereocenters. The quantitative estimate of drug-likeness (QED) is 0.613. The highest BCUT2D eigenvalue weighted by Gasteiger charge is 2.01. The topological polar surface area (TPSA) is 24.8 Å². The van der Waals surface area contributed by atoms with Gasteiger partial charge >= 0.3 is 0 Å². The van der Waals surface area contributed by atoms with E-state index in [-0.39, 0.29) is 0 Å². The fourth-order valence-electron chi connectivity index (χ4n) is 1.11. The van der Waals surface area contributed by atoms with E-state index in [1.54, 1.807) is 5.01 Å². The molecule has 4 heteroatoms. The standard InChI is InChI=1S/C12H17BrN2O/c1-4-7-16-12-6-5-10(8-11(12)13)9-14-15(2)3/h5-6,8-9H,4,7H2,1-3H3/b14-9+. The number of nitrogens with zero attached hydrogens (tertiary/aromatic N) is 2. The lowest BCUT2D eigenvalue weighted by atomic mass is 10.2. The second-order valence-corrected chi connectivity index (χ2v) is 4.48. The van der Waals surface area contributed by atoms with E-state index < -0.39 is 0 Å². The lowest BCUT2D eigenvalue weighted by Gasteiger charge is -2.07. The van der Waals surface area contributed by atoms with Gasteiger partial charge in [-0.2, -0.15) is 5.10 Å². The van der Waals surface area contributed by atoms with Crippen LogP contribution in [-0.2, 0) is 0 Å². The molecule has 0 radical (unpaired) electrons. The summed E-state index contributed by atoms with van der Waals surface area (Å²) in [6.07, 6.45) is 2.82. The summed E-state index contributed by atoms with van der Waals surface area (Å²) in [5.74, 6) is 0.879. The molecule has 0 heterocycles. The normalized spacial score (nSPS) is 10.8. The highest BCUT2D eigenvalue weighted by Crippen LogP contribution is 2.25. The Morgan fingerprint density at radius 2 is 2.19 bits per heavy atom. The van der Waals surface area contributed by atoms with Crippen LogP contribution in [0.15, 0.2) is 27.8 Å². The number of hydrazone groups is 1. The van der Waals surface area contributed by atoms with Crippen molar-refractivity contribution >= 4 is 22.1 Å². The van der Waals surface area contributed by atoms with Gasteiger partial charge in [0.25, 0.3) is 0 Å². The summed E-state index contributed by atoms with van der Waals surface area (Å²) >= 11 is 3.48. The van der Waals surface area contributed by atoms with E-state index in [9.17, 15) is 0 Å². The lowest BCUT2D eigenvalue weighted by molar-refractivity contribution is 0.315. The minimum Gasteiger partial charge on any atom is -0.492 e. The largest absolute Gasteiger partial charge is 0.492 e. The Labute approximate surface area is 105 Å². The van der Waals surface area contributed by atoms with E-state index in [1.807, 2.05) is 38.5 Å². The molecule has 0 saturated heterocycles. The molecule has 0 bridgehead atoms. The van der Waals surface area contributed by atoms with Crippen LogP contribution in [0.4, 0.5) is 0 Å². The van der Waals surface area contributed by atoms with Gasteiger partial charge < -0.3 is 9.75 Å². The van der Waals surface area contributed by atoms with E-state index in [0.29, 0.717) is 0 Å². The summed E-state index contributed by atoms with van der Waals surface area (Å²) in [5, 5.41) is 5.93. The molecule has 1 aromatic carbocycles. The summed E-state index contributed by atoms with van der Waals surface area (Å²) in [5.41, 5.74) is 1.05. The second-order valence-electron chi connectivity index (χ2n) is 3.63. The maximum atomic E-state index is 5.56.